The number of likely N-dealkylation sites (tertiary alicyclic amines) is 2. The van der Waals surface area contributed by atoms with Crippen molar-refractivity contribution in [3.05, 3.63) is 36.6 Å². The van der Waals surface area contributed by atoms with Crippen molar-refractivity contribution in [2.24, 2.45) is 22.7 Å². The van der Waals surface area contributed by atoms with Gasteiger partial charge in [-0.1, -0.05) is 54.5 Å². The summed E-state index contributed by atoms with van der Waals surface area (Å²) in [6.45, 7) is 21.4. The van der Waals surface area contributed by atoms with Gasteiger partial charge in [-0.3, -0.25) is 28.9 Å². The first kappa shape index (κ1) is 32.3. The molecule has 41 heavy (non-hydrogen) atoms. The molecule has 5 amide bonds. The number of carbonyl (C=O) groups is 5. The summed E-state index contributed by atoms with van der Waals surface area (Å²) in [6, 6.07) is 0. The van der Waals surface area contributed by atoms with E-state index in [4.69, 9.17) is 0 Å². The number of amides is 5. The minimum atomic E-state index is -0.227. The van der Waals surface area contributed by atoms with E-state index in [1.54, 1.807) is 11.0 Å². The maximum absolute atomic E-state index is 12.0. The third-order valence-corrected chi connectivity index (χ3v) is 8.67. The molecule has 0 aromatic carbocycles. The quantitative estimate of drug-likeness (QED) is 0.312. The number of allylic oxidation sites excluding steroid dienone is 1. The van der Waals surface area contributed by atoms with Crippen molar-refractivity contribution in [2.45, 2.75) is 73.6 Å². The van der Waals surface area contributed by atoms with Crippen LogP contribution in [0.2, 0.25) is 0 Å². The highest BCUT2D eigenvalue weighted by Gasteiger charge is 2.39. The van der Waals surface area contributed by atoms with E-state index >= 15 is 0 Å². The molecule has 4 aliphatic heterocycles. The Morgan fingerprint density at radius 2 is 1.10 bits per heavy atom. The molecule has 2 saturated heterocycles. The third-order valence-electron chi connectivity index (χ3n) is 8.67. The number of unbranched alkanes of at least 4 members (excludes halogenated alkanes) is 2. The molecule has 226 valence electrons. The van der Waals surface area contributed by atoms with Crippen molar-refractivity contribution in [1.29, 1.82) is 0 Å². The minimum absolute atomic E-state index is 0.0750. The lowest BCUT2D eigenvalue weighted by molar-refractivity contribution is -0.141. The van der Waals surface area contributed by atoms with E-state index in [0.717, 1.165) is 45.4 Å². The molecule has 4 rings (SSSR count). The average Bonchev–Trinajstić information content (AvgIpc) is 3.28. The fraction of sp³-hybridized carbons (Fsp3) is 0.656. The summed E-state index contributed by atoms with van der Waals surface area (Å²) in [7, 11) is 0. The van der Waals surface area contributed by atoms with Gasteiger partial charge in [0.1, 0.15) is 0 Å². The van der Waals surface area contributed by atoms with Crippen molar-refractivity contribution in [1.82, 2.24) is 19.6 Å². The summed E-state index contributed by atoms with van der Waals surface area (Å²) in [6.07, 6.45) is 9.18. The first-order valence-electron chi connectivity index (χ1n) is 14.9. The van der Waals surface area contributed by atoms with Gasteiger partial charge < -0.3 is 14.7 Å². The second kappa shape index (κ2) is 13.2. The molecule has 0 bridgehead atoms. The lowest BCUT2D eigenvalue weighted by Gasteiger charge is -2.46. The van der Waals surface area contributed by atoms with E-state index in [9.17, 15) is 24.0 Å². The van der Waals surface area contributed by atoms with E-state index in [0.29, 0.717) is 43.5 Å². The molecule has 0 spiro atoms. The molecule has 0 radical (unpaired) electrons. The van der Waals surface area contributed by atoms with Crippen molar-refractivity contribution in [3.8, 4) is 0 Å². The van der Waals surface area contributed by atoms with Gasteiger partial charge in [0.2, 0.25) is 11.8 Å². The fourth-order valence-electron chi connectivity index (χ4n) is 5.10. The smallest absolute Gasteiger partial charge is 0.253 e. The molecule has 4 heterocycles. The number of nitrogens with zero attached hydrogens (tertiary/aromatic N) is 4. The molecular formula is C32H48N4O5. The molecule has 0 aromatic rings. The van der Waals surface area contributed by atoms with Crippen LogP contribution in [-0.2, 0) is 24.0 Å². The van der Waals surface area contributed by atoms with E-state index in [2.05, 4.69) is 48.1 Å². The van der Waals surface area contributed by atoms with Gasteiger partial charge in [0, 0.05) is 76.0 Å². The molecule has 4 aliphatic rings. The van der Waals surface area contributed by atoms with Crippen molar-refractivity contribution in [2.75, 3.05) is 39.3 Å². The van der Waals surface area contributed by atoms with Crippen LogP contribution in [0.5, 0.6) is 0 Å². The zero-order valence-corrected chi connectivity index (χ0v) is 25.8. The van der Waals surface area contributed by atoms with Gasteiger partial charge in [-0.2, -0.15) is 0 Å². The predicted molar refractivity (Wildman–Crippen MR) is 158 cm³/mol. The van der Waals surface area contributed by atoms with Crippen LogP contribution in [0.25, 0.3) is 0 Å². The Morgan fingerprint density at radius 3 is 1.54 bits per heavy atom. The van der Waals surface area contributed by atoms with Gasteiger partial charge >= 0.3 is 0 Å². The highest BCUT2D eigenvalue weighted by Crippen LogP contribution is 2.34. The first-order valence-corrected chi connectivity index (χ1v) is 14.9. The van der Waals surface area contributed by atoms with Crippen LogP contribution in [0.15, 0.2) is 36.6 Å². The normalized spacial score (nSPS) is 19.6. The number of hydrogen-bond donors (Lipinski definition) is 0. The Bertz CT molecular complexity index is 1060. The maximum Gasteiger partial charge on any atom is 0.253 e. The summed E-state index contributed by atoms with van der Waals surface area (Å²) >= 11 is 0. The molecule has 0 saturated carbocycles. The summed E-state index contributed by atoms with van der Waals surface area (Å²) in [5.41, 5.74) is 1.22. The topological polar surface area (TPSA) is 98.3 Å². The zero-order valence-electron chi connectivity index (χ0n) is 25.8. The SMILES string of the molecule is C=C1C=CC(=O)N1CCC(=O)N1CC(C(C)(C)C)C1.CC(C)(C)C1CN(C(=O)CCCCCN2C(=O)C=CC2=O)C1. The van der Waals surface area contributed by atoms with Crippen LogP contribution in [0, 0.1) is 22.7 Å². The van der Waals surface area contributed by atoms with Gasteiger partial charge in [0.05, 0.1) is 0 Å². The van der Waals surface area contributed by atoms with Crippen LogP contribution in [-0.4, -0.2) is 88.4 Å². The first-order chi connectivity index (χ1) is 19.1. The number of carbonyl (C=O) groups excluding carboxylic acids is 5. The minimum Gasteiger partial charge on any atom is -0.342 e. The van der Waals surface area contributed by atoms with Gasteiger partial charge in [0.15, 0.2) is 0 Å². The average molecular weight is 569 g/mol. The molecule has 9 nitrogen and oxygen atoms in total. The van der Waals surface area contributed by atoms with Crippen LogP contribution in [0.3, 0.4) is 0 Å². The Hall–Kier alpha value is -3.23. The monoisotopic (exact) mass is 568 g/mol. The molecule has 9 heteroatoms. The Balaban J connectivity index is 0.000000228. The Morgan fingerprint density at radius 1 is 0.659 bits per heavy atom. The highest BCUT2D eigenvalue weighted by atomic mass is 16.2. The van der Waals surface area contributed by atoms with Gasteiger partial charge in [-0.05, 0) is 41.6 Å². The van der Waals surface area contributed by atoms with Crippen molar-refractivity contribution < 1.29 is 24.0 Å². The van der Waals surface area contributed by atoms with Gasteiger partial charge in [0.25, 0.3) is 17.7 Å². The summed E-state index contributed by atoms with van der Waals surface area (Å²) in [4.78, 5) is 64.9. The van der Waals surface area contributed by atoms with Crippen LogP contribution in [0.4, 0.5) is 0 Å². The standard InChI is InChI=1S/C17H26N2O3.C15H22N2O2/c1-17(2,3)13-11-18(12-13)14(20)7-5-4-6-10-19-15(21)8-9-16(19)22;1-11-5-6-14(19)17(11)8-7-13(18)16-9-12(10-16)15(2,3)4/h8-9,13H,4-7,10-12H2,1-3H3;5-6,12H,1,7-10H2,2-4H3. The Kier molecular flexibility index (Phi) is 10.4. The van der Waals surface area contributed by atoms with Crippen LogP contribution in [0.1, 0.15) is 73.6 Å². The van der Waals surface area contributed by atoms with Crippen LogP contribution >= 0.6 is 0 Å². The number of hydrogen-bond acceptors (Lipinski definition) is 5. The second-order valence-electron chi connectivity index (χ2n) is 13.8. The largest absolute Gasteiger partial charge is 0.342 e. The second-order valence-corrected chi connectivity index (χ2v) is 13.8. The molecule has 0 atom stereocenters. The summed E-state index contributed by atoms with van der Waals surface area (Å²) in [5, 5.41) is 0. The van der Waals surface area contributed by atoms with Gasteiger partial charge in [-0.15, -0.1) is 0 Å². The van der Waals surface area contributed by atoms with E-state index < -0.39 is 0 Å². The van der Waals surface area contributed by atoms with E-state index in [1.165, 1.54) is 23.1 Å². The fourth-order valence-corrected chi connectivity index (χ4v) is 5.10. The molecule has 2 fully saturated rings. The number of imide groups is 1. The van der Waals surface area contributed by atoms with Gasteiger partial charge in [-0.25, -0.2) is 0 Å². The van der Waals surface area contributed by atoms with Crippen LogP contribution < -0.4 is 0 Å². The third kappa shape index (κ3) is 8.63. The number of rotatable bonds is 9. The van der Waals surface area contributed by atoms with E-state index in [-0.39, 0.29) is 40.4 Å². The molecule has 0 aromatic heterocycles. The summed E-state index contributed by atoms with van der Waals surface area (Å²) in [5.74, 6) is 1.03. The lowest BCUT2D eigenvalue weighted by atomic mass is 9.76. The van der Waals surface area contributed by atoms with E-state index in [1.807, 2.05) is 9.80 Å². The Labute approximate surface area is 245 Å². The molecule has 0 aliphatic carbocycles. The zero-order chi connectivity index (χ0) is 30.5. The maximum atomic E-state index is 12.0. The lowest BCUT2D eigenvalue weighted by Crippen LogP contribution is -2.54. The highest BCUT2D eigenvalue weighted by molar-refractivity contribution is 6.12. The predicted octanol–water partition coefficient (Wildman–Crippen LogP) is 3.77. The molecule has 0 unspecified atom stereocenters. The van der Waals surface area contributed by atoms with Crippen molar-refractivity contribution >= 4 is 29.5 Å². The summed E-state index contributed by atoms with van der Waals surface area (Å²) < 4.78 is 0. The van der Waals surface area contributed by atoms with Crippen molar-refractivity contribution in [3.63, 3.8) is 0 Å². The molecular weight excluding hydrogens is 520 g/mol. The molecule has 0 N–H and O–H groups in total.